The fourth-order valence-electron chi connectivity index (χ4n) is 2.51. The highest BCUT2D eigenvalue weighted by Gasteiger charge is 2.22. The molecule has 0 spiro atoms. The Balaban J connectivity index is 1.74. The van der Waals surface area contributed by atoms with E-state index >= 15 is 0 Å². The number of esters is 1. The molecule has 0 fully saturated rings. The Hall–Kier alpha value is -3.72. The molecule has 10 heteroatoms. The quantitative estimate of drug-likeness (QED) is 0.201. The number of carbonyl (C=O) groups excluding carboxylic acids is 1. The Labute approximate surface area is 168 Å². The molecule has 0 bridgehead atoms. The molecule has 0 amide bonds. The zero-order valence-corrected chi connectivity index (χ0v) is 15.6. The first-order chi connectivity index (χ1) is 13.9. The Kier molecular flexibility index (Phi) is 5.89. The van der Waals surface area contributed by atoms with Crippen LogP contribution in [0.3, 0.4) is 0 Å². The molecule has 0 saturated heterocycles. The fraction of sp³-hybridized carbons (Fsp3) is 0.105. The summed E-state index contributed by atoms with van der Waals surface area (Å²) < 4.78 is 6.97. The number of halogens is 1. The van der Waals surface area contributed by atoms with Crippen LogP contribution in [0.15, 0.2) is 76.6 Å². The predicted octanol–water partition coefficient (Wildman–Crippen LogP) is 2.39. The molecular formula is C19H14ClN3O6. The second-order valence-electron chi connectivity index (χ2n) is 5.89. The van der Waals surface area contributed by atoms with Crippen molar-refractivity contribution in [3.05, 3.63) is 103 Å². The number of non-ortho nitro benzene ring substituents is 1. The molecule has 0 radical (unpaired) electrons. The van der Waals surface area contributed by atoms with E-state index in [4.69, 9.17) is 16.3 Å². The first-order valence-corrected chi connectivity index (χ1v) is 8.75. The van der Waals surface area contributed by atoms with Crippen molar-refractivity contribution in [2.75, 3.05) is 0 Å². The van der Waals surface area contributed by atoms with Crippen molar-refractivity contribution in [3.63, 3.8) is 0 Å². The van der Waals surface area contributed by atoms with Gasteiger partial charge in [-0.15, -0.1) is 0 Å². The lowest BCUT2D eigenvalue weighted by Crippen LogP contribution is -2.42. The lowest BCUT2D eigenvalue weighted by Gasteiger charge is -2.13. The molecule has 29 heavy (non-hydrogen) atoms. The van der Waals surface area contributed by atoms with Gasteiger partial charge in [0.25, 0.3) is 5.69 Å². The van der Waals surface area contributed by atoms with E-state index < -0.39 is 27.5 Å². The normalized spacial score (nSPS) is 11.6. The van der Waals surface area contributed by atoms with Crippen LogP contribution >= 0.6 is 11.6 Å². The third-order valence-corrected chi connectivity index (χ3v) is 4.40. The van der Waals surface area contributed by atoms with Crippen molar-refractivity contribution >= 4 is 23.3 Å². The molecular weight excluding hydrogens is 402 g/mol. The molecule has 1 heterocycles. The molecule has 148 valence electrons. The first-order valence-electron chi connectivity index (χ1n) is 8.32. The van der Waals surface area contributed by atoms with Crippen molar-refractivity contribution in [2.45, 2.75) is 12.1 Å². The number of nitrogens with zero attached hydrogens (tertiary/aromatic N) is 3. The highest BCUT2D eigenvalue weighted by Crippen LogP contribution is 2.16. The topological polar surface area (TPSA) is 113 Å². The second-order valence-corrected chi connectivity index (χ2v) is 6.30. The minimum Gasteiger partial charge on any atom is -0.458 e. The number of benzene rings is 2. The lowest BCUT2D eigenvalue weighted by atomic mass is 10.2. The van der Waals surface area contributed by atoms with Crippen molar-refractivity contribution in [2.24, 2.45) is 0 Å². The molecule has 3 rings (SSSR count). The number of carbonyl (C=O) groups is 1. The first kappa shape index (κ1) is 20.0. The van der Waals surface area contributed by atoms with Crippen LogP contribution in [0.4, 0.5) is 5.69 Å². The number of nitro benzene ring substituents is 1. The average molecular weight is 416 g/mol. The van der Waals surface area contributed by atoms with E-state index in [1.165, 1.54) is 36.7 Å². The summed E-state index contributed by atoms with van der Waals surface area (Å²) >= 11 is 6.02. The SMILES string of the molecule is O=C(OCc1ccc([N+](=O)[O-])cc1)C(Cl)n1ccn(-c2ccccc2)c(=O)c1=O. The molecule has 1 unspecified atom stereocenters. The third-order valence-electron chi connectivity index (χ3n) is 4.01. The van der Waals surface area contributed by atoms with Crippen LogP contribution in [0.1, 0.15) is 11.1 Å². The van der Waals surface area contributed by atoms with Gasteiger partial charge >= 0.3 is 17.1 Å². The molecule has 3 aromatic rings. The van der Waals surface area contributed by atoms with Gasteiger partial charge in [-0.3, -0.25) is 28.8 Å². The maximum atomic E-state index is 12.4. The summed E-state index contributed by atoms with van der Waals surface area (Å²) in [6.07, 6.45) is 2.56. The van der Waals surface area contributed by atoms with Gasteiger partial charge in [-0.2, -0.15) is 0 Å². The summed E-state index contributed by atoms with van der Waals surface area (Å²) in [5, 5.41) is 10.6. The van der Waals surface area contributed by atoms with Gasteiger partial charge in [0, 0.05) is 30.2 Å². The van der Waals surface area contributed by atoms with Gasteiger partial charge in [0.15, 0.2) is 0 Å². The summed E-state index contributed by atoms with van der Waals surface area (Å²) in [5.41, 5.74) is -2.50. The van der Waals surface area contributed by atoms with E-state index in [9.17, 15) is 24.5 Å². The van der Waals surface area contributed by atoms with E-state index in [1.807, 2.05) is 0 Å². The molecule has 1 aromatic heterocycles. The Bertz CT molecular complexity index is 1160. The minimum atomic E-state index is -1.54. The van der Waals surface area contributed by atoms with Crippen LogP contribution < -0.4 is 11.1 Å². The molecule has 0 saturated carbocycles. The van der Waals surface area contributed by atoms with Crippen LogP contribution in [0, 0.1) is 10.1 Å². The van der Waals surface area contributed by atoms with Crippen molar-refractivity contribution in [3.8, 4) is 5.69 Å². The van der Waals surface area contributed by atoms with Crippen molar-refractivity contribution in [1.82, 2.24) is 9.13 Å². The zero-order chi connectivity index (χ0) is 21.0. The number of hydrogen-bond donors (Lipinski definition) is 0. The van der Waals surface area contributed by atoms with Gasteiger partial charge in [0.1, 0.15) is 6.61 Å². The molecule has 0 aliphatic carbocycles. The smallest absolute Gasteiger partial charge is 0.345 e. The Morgan fingerprint density at radius 1 is 1.03 bits per heavy atom. The third kappa shape index (κ3) is 4.41. The van der Waals surface area contributed by atoms with Crippen molar-refractivity contribution in [1.29, 1.82) is 0 Å². The van der Waals surface area contributed by atoms with Crippen LogP contribution in [0.25, 0.3) is 5.69 Å². The lowest BCUT2D eigenvalue weighted by molar-refractivity contribution is -0.384. The average Bonchev–Trinajstić information content (AvgIpc) is 2.74. The van der Waals surface area contributed by atoms with Crippen molar-refractivity contribution < 1.29 is 14.5 Å². The van der Waals surface area contributed by atoms with Gasteiger partial charge in [0.05, 0.1) is 4.92 Å². The molecule has 0 N–H and O–H groups in total. The number of aromatic nitrogens is 2. The van der Waals surface area contributed by atoms with Gasteiger partial charge in [-0.05, 0) is 29.8 Å². The van der Waals surface area contributed by atoms with E-state index in [0.29, 0.717) is 11.3 Å². The van der Waals surface area contributed by atoms with Gasteiger partial charge < -0.3 is 4.74 Å². The van der Waals surface area contributed by atoms with E-state index in [-0.39, 0.29) is 12.3 Å². The Morgan fingerprint density at radius 3 is 2.31 bits per heavy atom. The summed E-state index contributed by atoms with van der Waals surface area (Å²) in [4.78, 5) is 47.0. The summed E-state index contributed by atoms with van der Waals surface area (Å²) in [6, 6.07) is 13.9. The zero-order valence-electron chi connectivity index (χ0n) is 14.8. The number of rotatable bonds is 6. The van der Waals surface area contributed by atoms with Crippen LogP contribution in [-0.2, 0) is 16.1 Å². The number of para-hydroxylation sites is 1. The molecule has 0 aliphatic rings. The Morgan fingerprint density at radius 2 is 1.69 bits per heavy atom. The van der Waals surface area contributed by atoms with E-state index in [2.05, 4.69) is 0 Å². The van der Waals surface area contributed by atoms with E-state index in [1.54, 1.807) is 30.3 Å². The van der Waals surface area contributed by atoms with Gasteiger partial charge in [-0.1, -0.05) is 29.8 Å². The highest BCUT2D eigenvalue weighted by molar-refractivity contribution is 6.27. The van der Waals surface area contributed by atoms with Crippen LogP contribution in [0.5, 0.6) is 0 Å². The number of nitro groups is 1. The monoisotopic (exact) mass is 415 g/mol. The summed E-state index contributed by atoms with van der Waals surface area (Å²) in [7, 11) is 0. The fourth-order valence-corrected chi connectivity index (χ4v) is 2.73. The summed E-state index contributed by atoms with van der Waals surface area (Å²) in [5.74, 6) is -0.941. The summed E-state index contributed by atoms with van der Waals surface area (Å²) in [6.45, 7) is -0.199. The molecule has 2 aromatic carbocycles. The largest absolute Gasteiger partial charge is 0.458 e. The minimum absolute atomic E-state index is 0.0965. The number of alkyl halides is 1. The van der Waals surface area contributed by atoms with E-state index in [0.717, 1.165) is 9.13 Å². The van der Waals surface area contributed by atoms with Crippen LogP contribution in [0.2, 0.25) is 0 Å². The second kappa shape index (κ2) is 8.53. The number of hydrogen-bond acceptors (Lipinski definition) is 6. The maximum absolute atomic E-state index is 12.4. The van der Waals surface area contributed by atoms with Gasteiger partial charge in [0.2, 0.25) is 5.50 Å². The van der Waals surface area contributed by atoms with Crippen LogP contribution in [-0.4, -0.2) is 20.0 Å². The standard InChI is InChI=1S/C19H14ClN3O6/c20-16(19(26)29-12-13-6-8-15(9-7-13)23(27)28)22-11-10-21(17(24)18(22)25)14-4-2-1-3-5-14/h1-11,16H,12H2. The molecule has 9 nitrogen and oxygen atoms in total. The number of ether oxygens (including phenoxy) is 1. The maximum Gasteiger partial charge on any atom is 0.345 e. The predicted molar refractivity (Wildman–Crippen MR) is 104 cm³/mol. The molecule has 1 atom stereocenters. The van der Waals surface area contributed by atoms with Gasteiger partial charge in [-0.25, -0.2) is 4.79 Å². The molecule has 0 aliphatic heterocycles. The highest BCUT2D eigenvalue weighted by atomic mass is 35.5.